The van der Waals surface area contributed by atoms with Crippen LogP contribution in [0.25, 0.3) is 0 Å². The molecule has 0 amide bonds. The average Bonchev–Trinajstić information content (AvgIpc) is 2.63. The molecule has 6 nitrogen and oxygen atoms in total. The molecule has 0 fully saturated rings. The van der Waals surface area contributed by atoms with E-state index in [1.165, 1.54) is 7.11 Å². The largest absolute Gasteiger partial charge is 0.474 e. The molecule has 0 aliphatic rings. The first-order valence-electron chi connectivity index (χ1n) is 8.31. The van der Waals surface area contributed by atoms with E-state index in [0.717, 1.165) is 18.4 Å². The van der Waals surface area contributed by atoms with E-state index in [2.05, 4.69) is 0 Å². The summed E-state index contributed by atoms with van der Waals surface area (Å²) in [5, 5.41) is 0. The molecule has 1 rings (SSSR count). The van der Waals surface area contributed by atoms with Gasteiger partial charge in [0.1, 0.15) is 6.10 Å². The molecule has 1 aromatic carbocycles. The summed E-state index contributed by atoms with van der Waals surface area (Å²) in [4.78, 5) is 0. The van der Waals surface area contributed by atoms with Crippen molar-refractivity contribution in [3.05, 3.63) is 35.9 Å². The predicted octanol–water partition coefficient (Wildman–Crippen LogP) is 4.20. The Morgan fingerprint density at radius 2 is 1.71 bits per heavy atom. The van der Waals surface area contributed by atoms with E-state index in [1.54, 1.807) is 0 Å². The topological polar surface area (TPSA) is 63.2 Å². The molecule has 0 saturated carbocycles. The number of hydrogen-bond acceptors (Lipinski definition) is 6. The van der Waals surface area contributed by atoms with Gasteiger partial charge in [-0.25, -0.2) is 4.57 Å². The summed E-state index contributed by atoms with van der Waals surface area (Å²) in [5.74, 6) is 0. The van der Waals surface area contributed by atoms with Crippen LogP contribution in [0.2, 0.25) is 0 Å². The summed E-state index contributed by atoms with van der Waals surface area (Å²) in [6.45, 7) is 5.92. The second-order valence-corrected chi connectivity index (χ2v) is 7.03. The summed E-state index contributed by atoms with van der Waals surface area (Å²) in [6.07, 6.45) is 1.51. The molecule has 0 radical (unpaired) electrons. The first-order chi connectivity index (χ1) is 11.6. The summed E-state index contributed by atoms with van der Waals surface area (Å²) < 4.78 is 39.4. The highest BCUT2D eigenvalue weighted by Gasteiger charge is 2.27. The van der Waals surface area contributed by atoms with Crippen LogP contribution in [0, 0.1) is 0 Å². The van der Waals surface area contributed by atoms with Crippen LogP contribution >= 0.6 is 7.82 Å². The van der Waals surface area contributed by atoms with Gasteiger partial charge >= 0.3 is 7.82 Å². The van der Waals surface area contributed by atoms with E-state index < -0.39 is 7.82 Å². The Labute approximate surface area is 145 Å². The van der Waals surface area contributed by atoms with Crippen molar-refractivity contribution in [2.75, 3.05) is 33.5 Å². The molecule has 24 heavy (non-hydrogen) atoms. The maximum Gasteiger partial charge on any atom is 0.474 e. The molecule has 0 unspecified atom stereocenters. The van der Waals surface area contributed by atoms with Crippen LogP contribution in [0.1, 0.15) is 32.3 Å². The minimum Gasteiger partial charge on any atom is -0.379 e. The van der Waals surface area contributed by atoms with Gasteiger partial charge in [0, 0.05) is 20.3 Å². The molecular formula is C17H29O6P. The Balaban J connectivity index is 2.48. The molecule has 138 valence electrons. The molecule has 2 atom stereocenters. The fourth-order valence-electron chi connectivity index (χ4n) is 1.83. The minimum absolute atomic E-state index is 0.0869. The lowest BCUT2D eigenvalue weighted by Gasteiger charge is -2.21. The van der Waals surface area contributed by atoms with Crippen molar-refractivity contribution >= 4 is 7.82 Å². The molecule has 0 heterocycles. The zero-order valence-corrected chi connectivity index (χ0v) is 15.7. The van der Waals surface area contributed by atoms with E-state index in [0.29, 0.717) is 19.8 Å². The van der Waals surface area contributed by atoms with E-state index >= 15 is 0 Å². The Bertz CT molecular complexity index is 467. The van der Waals surface area contributed by atoms with E-state index in [1.807, 2.05) is 44.2 Å². The Hall–Kier alpha value is -0.750. The second kappa shape index (κ2) is 12.6. The minimum atomic E-state index is -3.63. The third-order valence-corrected chi connectivity index (χ3v) is 4.44. The predicted molar refractivity (Wildman–Crippen MR) is 92.9 cm³/mol. The first kappa shape index (κ1) is 21.3. The van der Waals surface area contributed by atoms with Gasteiger partial charge in [-0.2, -0.15) is 0 Å². The van der Waals surface area contributed by atoms with Crippen molar-refractivity contribution in [1.82, 2.24) is 0 Å². The molecule has 0 spiro atoms. The highest BCUT2D eigenvalue weighted by atomic mass is 31.2. The molecule has 0 aliphatic carbocycles. The maximum atomic E-state index is 12.5. The van der Waals surface area contributed by atoms with Gasteiger partial charge in [-0.05, 0) is 18.4 Å². The zero-order chi connectivity index (χ0) is 17.7. The normalized spacial score (nSPS) is 15.1. The third-order valence-electron chi connectivity index (χ3n) is 3.08. The molecule has 0 N–H and O–H groups in total. The molecular weight excluding hydrogens is 331 g/mol. The first-order valence-corrected chi connectivity index (χ1v) is 9.77. The van der Waals surface area contributed by atoms with E-state index in [9.17, 15) is 4.57 Å². The Morgan fingerprint density at radius 1 is 1.00 bits per heavy atom. The van der Waals surface area contributed by atoms with Gasteiger partial charge in [0.05, 0.1) is 19.8 Å². The average molecular weight is 360 g/mol. The van der Waals surface area contributed by atoms with Crippen LogP contribution in [-0.4, -0.2) is 39.6 Å². The fraction of sp³-hybridized carbons (Fsp3) is 0.647. The lowest BCUT2D eigenvalue weighted by atomic mass is 10.2. The number of hydrogen-bond donors (Lipinski definition) is 0. The number of ether oxygens (including phenoxy) is 2. The summed E-state index contributed by atoms with van der Waals surface area (Å²) >= 11 is 0. The van der Waals surface area contributed by atoms with Crippen molar-refractivity contribution in [1.29, 1.82) is 0 Å². The number of benzene rings is 1. The van der Waals surface area contributed by atoms with Crippen LogP contribution in [0.3, 0.4) is 0 Å². The van der Waals surface area contributed by atoms with Gasteiger partial charge < -0.3 is 9.47 Å². The smallest absolute Gasteiger partial charge is 0.379 e. The Morgan fingerprint density at radius 3 is 2.33 bits per heavy atom. The standard InChI is InChI=1S/C17H29O6P/c1-4-11-20-14-17(21-12-5-2)15-23-24(18,19-3)22-13-16-9-7-6-8-10-16/h6-10,17H,4-5,11-15H2,1-3H3/t17-,24+/m0/s1. The molecule has 7 heteroatoms. The van der Waals surface area contributed by atoms with Crippen LogP contribution in [0.4, 0.5) is 0 Å². The van der Waals surface area contributed by atoms with Crippen LogP contribution in [0.15, 0.2) is 30.3 Å². The highest BCUT2D eigenvalue weighted by Crippen LogP contribution is 2.49. The second-order valence-electron chi connectivity index (χ2n) is 5.25. The van der Waals surface area contributed by atoms with Crippen molar-refractivity contribution in [3.63, 3.8) is 0 Å². The fourth-order valence-corrected chi connectivity index (χ4v) is 2.77. The van der Waals surface area contributed by atoms with E-state index in [-0.39, 0.29) is 19.3 Å². The molecule has 0 aliphatic heterocycles. The number of phosphoric ester groups is 1. The Kier molecular flexibility index (Phi) is 11.2. The molecule has 0 aromatic heterocycles. The quantitative estimate of drug-likeness (QED) is 0.366. The van der Waals surface area contributed by atoms with Gasteiger partial charge in [-0.1, -0.05) is 44.2 Å². The molecule has 0 saturated heterocycles. The van der Waals surface area contributed by atoms with Crippen molar-refractivity contribution in [3.8, 4) is 0 Å². The molecule has 0 bridgehead atoms. The third kappa shape index (κ3) is 8.92. The monoisotopic (exact) mass is 360 g/mol. The summed E-state index contributed by atoms with van der Waals surface area (Å²) in [7, 11) is -2.32. The lowest BCUT2D eigenvalue weighted by Crippen LogP contribution is -2.26. The summed E-state index contributed by atoms with van der Waals surface area (Å²) in [5.41, 5.74) is 0.892. The van der Waals surface area contributed by atoms with Crippen molar-refractivity contribution in [2.24, 2.45) is 0 Å². The SMILES string of the molecule is CCCOC[C@@H](CO[P@](=O)(OC)OCc1ccccc1)OCCC. The van der Waals surface area contributed by atoms with Gasteiger partial charge in [0.25, 0.3) is 0 Å². The lowest BCUT2D eigenvalue weighted by molar-refractivity contribution is -0.0437. The van der Waals surface area contributed by atoms with E-state index in [4.69, 9.17) is 23.0 Å². The number of phosphoric acid groups is 1. The van der Waals surface area contributed by atoms with Gasteiger partial charge in [-0.3, -0.25) is 13.6 Å². The molecule has 1 aromatic rings. The van der Waals surface area contributed by atoms with Crippen molar-refractivity contribution < 1.29 is 27.6 Å². The van der Waals surface area contributed by atoms with Gasteiger partial charge in [0.2, 0.25) is 0 Å². The summed E-state index contributed by atoms with van der Waals surface area (Å²) in [6, 6.07) is 9.44. The van der Waals surface area contributed by atoms with Crippen LogP contribution in [-0.2, 0) is 34.2 Å². The van der Waals surface area contributed by atoms with Crippen molar-refractivity contribution in [2.45, 2.75) is 39.4 Å². The zero-order valence-electron chi connectivity index (χ0n) is 14.8. The number of rotatable bonds is 14. The van der Waals surface area contributed by atoms with Gasteiger partial charge in [-0.15, -0.1) is 0 Å². The van der Waals surface area contributed by atoms with Crippen LogP contribution in [0.5, 0.6) is 0 Å². The highest BCUT2D eigenvalue weighted by molar-refractivity contribution is 7.48. The maximum absolute atomic E-state index is 12.5. The van der Waals surface area contributed by atoms with Gasteiger partial charge in [0.15, 0.2) is 0 Å². The van der Waals surface area contributed by atoms with Crippen LogP contribution < -0.4 is 0 Å².